The molecule has 80 valence electrons. The lowest BCUT2D eigenvalue weighted by molar-refractivity contribution is -0.138. The summed E-state index contributed by atoms with van der Waals surface area (Å²) in [4.78, 5) is 24.2. The second kappa shape index (κ2) is 4.07. The predicted molar refractivity (Wildman–Crippen MR) is 49.6 cm³/mol. The van der Waals surface area contributed by atoms with Crippen LogP contribution in [0.5, 0.6) is 0 Å². The highest BCUT2D eigenvalue weighted by Crippen LogP contribution is 1.96. The maximum atomic E-state index is 11.7. The molecule has 0 aliphatic carbocycles. The molecular formula is C8H11N5O2. The van der Waals surface area contributed by atoms with Crippen molar-refractivity contribution in [2.45, 2.75) is 6.54 Å². The summed E-state index contributed by atoms with van der Waals surface area (Å²) in [5.41, 5.74) is 0. The first-order valence-corrected chi connectivity index (χ1v) is 4.64. The van der Waals surface area contributed by atoms with Crippen molar-refractivity contribution < 1.29 is 9.59 Å². The number of nitrogens with one attached hydrogen (secondary N) is 1. The van der Waals surface area contributed by atoms with Gasteiger partial charge in [-0.15, -0.1) is 5.10 Å². The Morgan fingerprint density at radius 3 is 3.13 bits per heavy atom. The van der Waals surface area contributed by atoms with Crippen molar-refractivity contribution in [1.29, 1.82) is 0 Å². The van der Waals surface area contributed by atoms with Crippen molar-refractivity contribution in [1.82, 2.24) is 25.2 Å². The number of aromatic nitrogens is 3. The molecule has 0 spiro atoms. The molecule has 1 aliphatic heterocycles. The summed E-state index contributed by atoms with van der Waals surface area (Å²) in [5.74, 6) is -0.233. The van der Waals surface area contributed by atoms with Crippen LogP contribution >= 0.6 is 0 Å². The molecule has 0 unspecified atom stereocenters. The third kappa shape index (κ3) is 2.30. The van der Waals surface area contributed by atoms with Gasteiger partial charge in [0.25, 0.3) is 0 Å². The lowest BCUT2D eigenvalue weighted by Crippen LogP contribution is -2.50. The minimum atomic E-state index is -0.117. The van der Waals surface area contributed by atoms with Gasteiger partial charge < -0.3 is 10.2 Å². The second-order valence-corrected chi connectivity index (χ2v) is 3.27. The Morgan fingerprint density at radius 2 is 2.47 bits per heavy atom. The van der Waals surface area contributed by atoms with Crippen LogP contribution in [0.3, 0.4) is 0 Å². The molecule has 1 fully saturated rings. The molecule has 7 nitrogen and oxygen atoms in total. The van der Waals surface area contributed by atoms with Crippen LogP contribution in [0, 0.1) is 0 Å². The second-order valence-electron chi connectivity index (χ2n) is 3.27. The van der Waals surface area contributed by atoms with Gasteiger partial charge in [-0.25, -0.2) is 4.68 Å². The van der Waals surface area contributed by atoms with E-state index in [0.29, 0.717) is 13.1 Å². The average molecular weight is 209 g/mol. The normalized spacial score (nSPS) is 16.3. The molecule has 1 saturated heterocycles. The SMILES string of the molecule is O=C1CN(C(=O)Cn2ccnn2)CCN1. The van der Waals surface area contributed by atoms with Crippen LogP contribution in [0.4, 0.5) is 0 Å². The van der Waals surface area contributed by atoms with Crippen molar-refractivity contribution in [2.24, 2.45) is 0 Å². The molecule has 7 heteroatoms. The zero-order valence-corrected chi connectivity index (χ0v) is 8.09. The Morgan fingerprint density at radius 1 is 1.60 bits per heavy atom. The number of hydrogen-bond donors (Lipinski definition) is 1. The van der Waals surface area contributed by atoms with E-state index in [2.05, 4.69) is 15.6 Å². The zero-order chi connectivity index (χ0) is 10.7. The summed E-state index contributed by atoms with van der Waals surface area (Å²) in [5, 5.41) is 9.95. The Labute approximate surface area is 86.0 Å². The molecule has 2 heterocycles. The monoisotopic (exact) mass is 209 g/mol. The standard InChI is InChI=1S/C8H11N5O2/c14-7-5-12(3-1-9-7)8(15)6-13-4-2-10-11-13/h2,4H,1,3,5-6H2,(H,9,14). The molecule has 0 bridgehead atoms. The Bertz CT molecular complexity index is 361. The third-order valence-electron chi connectivity index (χ3n) is 2.16. The summed E-state index contributed by atoms with van der Waals surface area (Å²) in [7, 11) is 0. The van der Waals surface area contributed by atoms with E-state index in [4.69, 9.17) is 0 Å². The fourth-order valence-electron chi connectivity index (χ4n) is 1.41. The number of nitrogens with zero attached hydrogens (tertiary/aromatic N) is 4. The number of hydrogen-bond acceptors (Lipinski definition) is 4. The van der Waals surface area contributed by atoms with E-state index in [0.717, 1.165) is 0 Å². The van der Waals surface area contributed by atoms with E-state index in [9.17, 15) is 9.59 Å². The van der Waals surface area contributed by atoms with Gasteiger partial charge in [-0.2, -0.15) is 0 Å². The lowest BCUT2D eigenvalue weighted by atomic mass is 10.3. The van der Waals surface area contributed by atoms with Crippen LogP contribution in [-0.4, -0.2) is 51.3 Å². The highest BCUT2D eigenvalue weighted by molar-refractivity contribution is 5.85. The number of carbonyl (C=O) groups is 2. The zero-order valence-electron chi connectivity index (χ0n) is 8.09. The van der Waals surface area contributed by atoms with Crippen molar-refractivity contribution in [3.8, 4) is 0 Å². The first kappa shape index (κ1) is 9.63. The maximum absolute atomic E-state index is 11.7. The molecule has 1 aliphatic rings. The van der Waals surface area contributed by atoms with Gasteiger partial charge in [-0.3, -0.25) is 9.59 Å². The summed E-state index contributed by atoms with van der Waals surface area (Å²) in [6.45, 7) is 1.34. The molecule has 15 heavy (non-hydrogen) atoms. The highest BCUT2D eigenvalue weighted by atomic mass is 16.2. The van der Waals surface area contributed by atoms with Gasteiger partial charge in [0.2, 0.25) is 11.8 Å². The molecular weight excluding hydrogens is 198 g/mol. The van der Waals surface area contributed by atoms with Gasteiger partial charge in [0.1, 0.15) is 6.54 Å². The minimum Gasteiger partial charge on any atom is -0.353 e. The van der Waals surface area contributed by atoms with Gasteiger partial charge in [-0.05, 0) is 0 Å². The number of carbonyl (C=O) groups excluding carboxylic acids is 2. The summed E-state index contributed by atoms with van der Waals surface area (Å²) < 4.78 is 1.44. The first-order valence-electron chi connectivity index (χ1n) is 4.64. The van der Waals surface area contributed by atoms with E-state index in [-0.39, 0.29) is 24.9 Å². The molecule has 0 aromatic carbocycles. The Hall–Kier alpha value is -1.92. The third-order valence-corrected chi connectivity index (χ3v) is 2.16. The predicted octanol–water partition coefficient (Wildman–Crippen LogP) is -1.76. The summed E-state index contributed by atoms with van der Waals surface area (Å²) in [6.07, 6.45) is 3.12. The van der Waals surface area contributed by atoms with Gasteiger partial charge in [0.15, 0.2) is 0 Å². The van der Waals surface area contributed by atoms with Crippen LogP contribution in [0.15, 0.2) is 12.4 Å². The van der Waals surface area contributed by atoms with Gasteiger partial charge >= 0.3 is 0 Å². The molecule has 0 atom stereocenters. The van der Waals surface area contributed by atoms with Crippen LogP contribution in [0.1, 0.15) is 0 Å². The highest BCUT2D eigenvalue weighted by Gasteiger charge is 2.21. The largest absolute Gasteiger partial charge is 0.353 e. The van der Waals surface area contributed by atoms with Gasteiger partial charge in [0.05, 0.1) is 12.7 Å². The molecule has 1 aromatic rings. The minimum absolute atomic E-state index is 0.115. The fraction of sp³-hybridized carbons (Fsp3) is 0.500. The number of piperazine rings is 1. The number of amides is 2. The van der Waals surface area contributed by atoms with Crippen molar-refractivity contribution in [3.05, 3.63) is 12.4 Å². The quantitative estimate of drug-likeness (QED) is 0.625. The maximum Gasteiger partial charge on any atom is 0.244 e. The van der Waals surface area contributed by atoms with Crippen molar-refractivity contribution >= 4 is 11.8 Å². The van der Waals surface area contributed by atoms with Crippen molar-refractivity contribution in [2.75, 3.05) is 19.6 Å². The van der Waals surface area contributed by atoms with E-state index in [1.165, 1.54) is 15.8 Å². The Balaban J connectivity index is 1.93. The lowest BCUT2D eigenvalue weighted by Gasteiger charge is -2.26. The van der Waals surface area contributed by atoms with E-state index < -0.39 is 0 Å². The number of rotatable bonds is 2. The topological polar surface area (TPSA) is 80.1 Å². The molecule has 0 radical (unpaired) electrons. The van der Waals surface area contributed by atoms with Crippen LogP contribution in [0.2, 0.25) is 0 Å². The van der Waals surface area contributed by atoms with E-state index >= 15 is 0 Å². The Kier molecular flexibility index (Phi) is 2.61. The van der Waals surface area contributed by atoms with Gasteiger partial charge in [-0.1, -0.05) is 5.21 Å². The van der Waals surface area contributed by atoms with Crippen LogP contribution in [0.25, 0.3) is 0 Å². The van der Waals surface area contributed by atoms with Gasteiger partial charge in [0, 0.05) is 19.3 Å². The van der Waals surface area contributed by atoms with Crippen LogP contribution < -0.4 is 5.32 Å². The average Bonchev–Trinajstić information content (AvgIpc) is 2.70. The smallest absolute Gasteiger partial charge is 0.244 e. The summed E-state index contributed by atoms with van der Waals surface area (Å²) >= 11 is 0. The molecule has 0 saturated carbocycles. The van der Waals surface area contributed by atoms with E-state index in [1.807, 2.05) is 0 Å². The first-order chi connectivity index (χ1) is 7.25. The fourth-order valence-corrected chi connectivity index (χ4v) is 1.41. The van der Waals surface area contributed by atoms with Crippen LogP contribution in [-0.2, 0) is 16.1 Å². The van der Waals surface area contributed by atoms with Crippen molar-refractivity contribution in [3.63, 3.8) is 0 Å². The molecule has 2 rings (SSSR count). The molecule has 1 N–H and O–H groups in total. The molecule has 1 aromatic heterocycles. The van der Waals surface area contributed by atoms with E-state index in [1.54, 1.807) is 6.20 Å². The molecule has 2 amide bonds. The summed E-state index contributed by atoms with van der Waals surface area (Å²) in [6, 6.07) is 0.